The minimum absolute atomic E-state index is 0.0903. The van der Waals surface area contributed by atoms with Gasteiger partial charge in [0.25, 0.3) is 0 Å². The second-order valence-electron chi connectivity index (χ2n) is 10.1. The maximum atomic E-state index is 12.8. The highest BCUT2D eigenvalue weighted by atomic mass is 32.1. The molecular formula is C27H35N3O2S. The zero-order valence-corrected chi connectivity index (χ0v) is 20.4. The van der Waals surface area contributed by atoms with Crippen LogP contribution in [0.25, 0.3) is 6.08 Å². The minimum Gasteiger partial charge on any atom is -0.493 e. The van der Waals surface area contributed by atoms with Crippen LogP contribution in [0.3, 0.4) is 0 Å². The summed E-state index contributed by atoms with van der Waals surface area (Å²) in [6, 6.07) is 8.36. The van der Waals surface area contributed by atoms with Crippen LogP contribution in [0.4, 0.5) is 0 Å². The van der Waals surface area contributed by atoms with Crippen LogP contribution in [0.2, 0.25) is 0 Å². The quantitative estimate of drug-likeness (QED) is 0.400. The molecular weight excluding hydrogens is 430 g/mol. The number of carbonyl (C=O) groups excluding carboxylic acids is 1. The Balaban J connectivity index is 1.11. The molecule has 2 aliphatic carbocycles. The van der Waals surface area contributed by atoms with E-state index in [2.05, 4.69) is 22.4 Å². The number of piperidine rings is 1. The normalized spacial score (nSPS) is 27.6. The van der Waals surface area contributed by atoms with E-state index >= 15 is 0 Å². The number of hydrogen-bond acceptors (Lipinski definition) is 3. The van der Waals surface area contributed by atoms with Crippen molar-refractivity contribution in [2.75, 3.05) is 32.8 Å². The third-order valence-corrected chi connectivity index (χ3v) is 8.45. The molecule has 2 saturated heterocycles. The molecule has 1 spiro atoms. The van der Waals surface area contributed by atoms with Crippen molar-refractivity contribution in [3.8, 4) is 5.75 Å². The number of ether oxygens (including phenoxy) is 1. The van der Waals surface area contributed by atoms with Crippen molar-refractivity contribution in [3.63, 3.8) is 0 Å². The number of fused-ring (bicyclic) bond motifs is 2. The zero-order valence-electron chi connectivity index (χ0n) is 19.5. The second-order valence-corrected chi connectivity index (χ2v) is 10.5. The summed E-state index contributed by atoms with van der Waals surface area (Å²) in [6.07, 6.45) is 14.1. The molecule has 5 rings (SSSR count). The standard InChI is InChI=1S/C27H35N3O2S/c1-2-32-24-6-4-3-5-21(24)9-10-25(31)29-14-11-27(12-15-29)13-16-30(19-27)26(33)28-23-18-20-7-8-22(23)17-20/h3-10,20,22-23H,2,11-19H2,1H3,(H,28,33). The van der Waals surface area contributed by atoms with E-state index in [-0.39, 0.29) is 5.91 Å². The van der Waals surface area contributed by atoms with Crippen molar-refractivity contribution >= 4 is 29.3 Å². The molecule has 0 aromatic heterocycles. The lowest BCUT2D eigenvalue weighted by molar-refractivity contribution is -0.128. The first-order valence-corrected chi connectivity index (χ1v) is 12.9. The van der Waals surface area contributed by atoms with Crippen LogP contribution in [0, 0.1) is 17.3 Å². The van der Waals surface area contributed by atoms with E-state index in [4.69, 9.17) is 17.0 Å². The molecule has 4 aliphatic rings. The highest BCUT2D eigenvalue weighted by Gasteiger charge is 2.43. The summed E-state index contributed by atoms with van der Waals surface area (Å²) >= 11 is 5.80. The van der Waals surface area contributed by atoms with E-state index in [0.29, 0.717) is 24.0 Å². The van der Waals surface area contributed by atoms with Crippen molar-refractivity contribution in [1.82, 2.24) is 15.1 Å². The number of nitrogens with zero attached hydrogens (tertiary/aromatic N) is 2. The Bertz CT molecular complexity index is 950. The number of likely N-dealkylation sites (tertiary alicyclic amines) is 2. The third kappa shape index (κ3) is 4.81. The first-order valence-electron chi connectivity index (χ1n) is 12.5. The number of thiocarbonyl (C=S) groups is 1. The van der Waals surface area contributed by atoms with Gasteiger partial charge in [0.2, 0.25) is 5.91 Å². The molecule has 1 N–H and O–H groups in total. The largest absolute Gasteiger partial charge is 0.493 e. The van der Waals surface area contributed by atoms with Crippen LogP contribution in [0.15, 0.2) is 42.5 Å². The fourth-order valence-corrected chi connectivity index (χ4v) is 6.39. The summed E-state index contributed by atoms with van der Waals surface area (Å²) in [7, 11) is 0. The Morgan fingerprint density at radius 2 is 1.91 bits per heavy atom. The highest BCUT2D eigenvalue weighted by molar-refractivity contribution is 7.80. The predicted molar refractivity (Wildman–Crippen MR) is 136 cm³/mol. The number of rotatable bonds is 5. The third-order valence-electron chi connectivity index (χ3n) is 8.07. The molecule has 0 radical (unpaired) electrons. The average Bonchev–Trinajstić information content (AvgIpc) is 3.56. The topological polar surface area (TPSA) is 44.8 Å². The monoisotopic (exact) mass is 465 g/mol. The fourth-order valence-electron chi connectivity index (χ4n) is 6.09. The molecule has 2 aliphatic heterocycles. The highest BCUT2D eigenvalue weighted by Crippen LogP contribution is 2.42. The average molecular weight is 466 g/mol. The molecule has 1 saturated carbocycles. The van der Waals surface area contributed by atoms with Crippen molar-refractivity contribution in [2.24, 2.45) is 17.3 Å². The SMILES string of the molecule is CCOc1ccccc1C=CC(=O)N1CCC2(CC1)CCN(C(=S)NC1CC3C=CC1C3)C2. The van der Waals surface area contributed by atoms with Gasteiger partial charge in [-0.2, -0.15) is 0 Å². The van der Waals surface area contributed by atoms with Gasteiger partial charge in [0.05, 0.1) is 6.61 Å². The zero-order chi connectivity index (χ0) is 22.8. The fraction of sp³-hybridized carbons (Fsp3) is 0.556. The Labute approximate surface area is 202 Å². The van der Waals surface area contributed by atoms with Crippen molar-refractivity contribution in [1.29, 1.82) is 0 Å². The maximum Gasteiger partial charge on any atom is 0.246 e. The summed E-state index contributed by atoms with van der Waals surface area (Å²) in [4.78, 5) is 17.2. The van der Waals surface area contributed by atoms with E-state index in [0.717, 1.165) is 61.4 Å². The van der Waals surface area contributed by atoms with Gasteiger partial charge in [-0.1, -0.05) is 30.4 Å². The van der Waals surface area contributed by atoms with E-state index in [9.17, 15) is 4.79 Å². The number of hydrogen-bond donors (Lipinski definition) is 1. The maximum absolute atomic E-state index is 12.8. The van der Waals surface area contributed by atoms with Crippen LogP contribution in [-0.2, 0) is 4.79 Å². The van der Waals surface area contributed by atoms with Gasteiger partial charge in [-0.25, -0.2) is 0 Å². The van der Waals surface area contributed by atoms with Crippen LogP contribution < -0.4 is 10.1 Å². The van der Waals surface area contributed by atoms with Crippen LogP contribution >= 0.6 is 12.2 Å². The molecule has 3 atom stereocenters. The lowest BCUT2D eigenvalue weighted by atomic mass is 9.78. The first-order chi connectivity index (χ1) is 16.0. The van der Waals surface area contributed by atoms with E-state index in [1.165, 1.54) is 19.3 Å². The van der Waals surface area contributed by atoms with Crippen molar-refractivity contribution in [2.45, 2.75) is 45.1 Å². The van der Waals surface area contributed by atoms with Gasteiger partial charge < -0.3 is 19.9 Å². The number of amides is 1. The molecule has 6 heteroatoms. The van der Waals surface area contributed by atoms with Crippen LogP contribution in [-0.4, -0.2) is 59.6 Å². The summed E-state index contributed by atoms with van der Waals surface area (Å²) in [6.45, 7) is 6.28. The van der Waals surface area contributed by atoms with Gasteiger partial charge in [-0.15, -0.1) is 0 Å². The number of benzene rings is 1. The summed E-state index contributed by atoms with van der Waals surface area (Å²) in [5.41, 5.74) is 1.24. The van der Waals surface area contributed by atoms with Gasteiger partial charge >= 0.3 is 0 Å². The Morgan fingerprint density at radius 1 is 1.15 bits per heavy atom. The molecule has 1 amide bonds. The molecule has 2 bridgehead atoms. The number of allylic oxidation sites excluding steroid dienone is 1. The van der Waals surface area contributed by atoms with Crippen LogP contribution in [0.5, 0.6) is 5.75 Å². The molecule has 3 fully saturated rings. The minimum atomic E-state index is 0.0903. The summed E-state index contributed by atoms with van der Waals surface area (Å²) < 4.78 is 5.66. The van der Waals surface area contributed by atoms with Gasteiger partial charge in [0.15, 0.2) is 5.11 Å². The lowest BCUT2D eigenvalue weighted by Gasteiger charge is -2.39. The predicted octanol–water partition coefficient (Wildman–Crippen LogP) is 4.25. The van der Waals surface area contributed by atoms with Crippen LogP contribution in [0.1, 0.15) is 44.6 Å². The summed E-state index contributed by atoms with van der Waals surface area (Å²) in [5.74, 6) is 2.32. The smallest absolute Gasteiger partial charge is 0.246 e. The molecule has 33 heavy (non-hydrogen) atoms. The number of carbonyl (C=O) groups is 1. The molecule has 3 unspecified atom stereocenters. The first kappa shape index (κ1) is 22.5. The van der Waals surface area contributed by atoms with Gasteiger partial charge in [0.1, 0.15) is 5.75 Å². The number of para-hydroxylation sites is 1. The van der Waals surface area contributed by atoms with E-state index in [1.54, 1.807) is 6.08 Å². The molecule has 5 nitrogen and oxygen atoms in total. The molecule has 1 aromatic rings. The second kappa shape index (κ2) is 9.49. The van der Waals surface area contributed by atoms with Crippen molar-refractivity contribution in [3.05, 3.63) is 48.1 Å². The lowest BCUT2D eigenvalue weighted by Crippen LogP contribution is -2.47. The van der Waals surface area contributed by atoms with Gasteiger partial charge in [0, 0.05) is 43.9 Å². The summed E-state index contributed by atoms with van der Waals surface area (Å²) in [5, 5.41) is 4.61. The molecule has 176 valence electrons. The number of nitrogens with one attached hydrogen (secondary N) is 1. The van der Waals surface area contributed by atoms with E-state index in [1.807, 2.05) is 42.2 Å². The molecule has 2 heterocycles. The van der Waals surface area contributed by atoms with Gasteiger partial charge in [-0.3, -0.25) is 4.79 Å². The Morgan fingerprint density at radius 3 is 2.61 bits per heavy atom. The van der Waals surface area contributed by atoms with E-state index < -0.39 is 0 Å². The Kier molecular flexibility index (Phi) is 6.46. The molecule has 1 aromatic carbocycles. The van der Waals surface area contributed by atoms with Gasteiger partial charge in [-0.05, 0) is 80.6 Å². The Hall–Kier alpha value is -2.34. The van der Waals surface area contributed by atoms with Crippen molar-refractivity contribution < 1.29 is 9.53 Å².